The van der Waals surface area contributed by atoms with Crippen molar-refractivity contribution in [3.8, 4) is 0 Å². The third kappa shape index (κ3) is 2.18. The highest BCUT2D eigenvalue weighted by Gasteiger charge is 2.18. The molecule has 0 radical (unpaired) electrons. The smallest absolute Gasteiger partial charge is 0.172 e. The molecule has 6 heteroatoms. The monoisotopic (exact) mass is 174 g/mol. The second-order valence-corrected chi connectivity index (χ2v) is 2.32. The zero-order valence-corrected chi connectivity index (χ0v) is 7.04. The Morgan fingerprint density at radius 3 is 3.27 bits per heavy atom. The summed E-state index contributed by atoms with van der Waals surface area (Å²) < 4.78 is 4.88. The van der Waals surface area contributed by atoms with E-state index in [0.717, 1.165) is 6.54 Å². The molecule has 0 aliphatic carbocycles. The third-order valence-electron chi connectivity index (χ3n) is 1.33. The lowest BCUT2D eigenvalue weighted by atomic mass is 10.5. The van der Waals surface area contributed by atoms with E-state index in [2.05, 4.69) is 15.9 Å². The molecule has 0 amide bonds. The van der Waals surface area contributed by atoms with Gasteiger partial charge < -0.3 is 4.74 Å². The molecule has 1 unspecified atom stereocenters. The van der Waals surface area contributed by atoms with Crippen LogP contribution in [0.25, 0.3) is 0 Å². The number of rotatable bonds is 4. The SMILES string of the molecule is COCCN1NN=NC1C=S. The summed E-state index contributed by atoms with van der Waals surface area (Å²) in [6, 6.07) is 0. The van der Waals surface area contributed by atoms with Crippen molar-refractivity contribution < 1.29 is 4.74 Å². The van der Waals surface area contributed by atoms with Gasteiger partial charge in [-0.1, -0.05) is 17.4 Å². The van der Waals surface area contributed by atoms with Crippen molar-refractivity contribution in [1.29, 1.82) is 0 Å². The molecule has 1 heterocycles. The zero-order valence-electron chi connectivity index (χ0n) is 6.23. The summed E-state index contributed by atoms with van der Waals surface area (Å²) in [5.41, 5.74) is 2.71. The number of hydrogen-bond donors (Lipinski definition) is 1. The topological polar surface area (TPSA) is 49.2 Å². The molecule has 5 nitrogen and oxygen atoms in total. The Morgan fingerprint density at radius 1 is 1.82 bits per heavy atom. The van der Waals surface area contributed by atoms with Gasteiger partial charge >= 0.3 is 0 Å². The van der Waals surface area contributed by atoms with Crippen LogP contribution in [0.1, 0.15) is 0 Å². The van der Waals surface area contributed by atoms with Gasteiger partial charge in [-0.2, -0.15) is 5.01 Å². The van der Waals surface area contributed by atoms with Crippen molar-refractivity contribution in [3.63, 3.8) is 0 Å². The minimum absolute atomic E-state index is 0.125. The summed E-state index contributed by atoms with van der Waals surface area (Å²) in [5.74, 6) is 0. The first-order valence-corrected chi connectivity index (χ1v) is 3.72. The van der Waals surface area contributed by atoms with Crippen LogP contribution in [0, 0.1) is 0 Å². The number of nitrogens with zero attached hydrogens (tertiary/aromatic N) is 3. The highest BCUT2D eigenvalue weighted by atomic mass is 32.1. The van der Waals surface area contributed by atoms with Crippen LogP contribution in [0.4, 0.5) is 0 Å². The lowest BCUT2D eigenvalue weighted by Crippen LogP contribution is -2.40. The fraction of sp³-hybridized carbons (Fsp3) is 0.800. The van der Waals surface area contributed by atoms with E-state index in [1.165, 1.54) is 0 Å². The highest BCUT2D eigenvalue weighted by Crippen LogP contribution is 2.02. The van der Waals surface area contributed by atoms with Gasteiger partial charge in [0.15, 0.2) is 6.17 Å². The van der Waals surface area contributed by atoms with Gasteiger partial charge in [0, 0.05) is 19.0 Å². The van der Waals surface area contributed by atoms with E-state index >= 15 is 0 Å². The predicted octanol–water partition coefficient (Wildman–Crippen LogP) is 0.146. The summed E-state index contributed by atoms with van der Waals surface area (Å²) >= 11 is 4.74. The van der Waals surface area contributed by atoms with Gasteiger partial charge in [-0.15, -0.1) is 5.11 Å². The number of thiocarbonyl (C=S) groups is 1. The van der Waals surface area contributed by atoms with Crippen molar-refractivity contribution in [1.82, 2.24) is 10.5 Å². The summed E-state index contributed by atoms with van der Waals surface area (Å²) in [7, 11) is 1.65. The Labute approximate surface area is 70.4 Å². The first-order chi connectivity index (χ1) is 5.38. The maximum absolute atomic E-state index is 4.88. The Bertz CT molecular complexity index is 163. The van der Waals surface area contributed by atoms with Gasteiger partial charge in [0.05, 0.1) is 6.61 Å². The molecule has 0 saturated heterocycles. The number of nitrogens with one attached hydrogen (secondary N) is 1. The molecule has 0 spiro atoms. The zero-order chi connectivity index (χ0) is 8.10. The van der Waals surface area contributed by atoms with E-state index in [0.29, 0.717) is 6.61 Å². The van der Waals surface area contributed by atoms with Crippen molar-refractivity contribution in [2.75, 3.05) is 20.3 Å². The second kappa shape index (κ2) is 4.32. The number of hydrogen-bond acceptors (Lipinski definition) is 6. The molecule has 0 aromatic rings. The molecule has 1 aliphatic heterocycles. The standard InChI is InChI=1S/C5H10N4OS/c1-10-3-2-9-5(4-11)6-7-8-9/h4-5H,2-3H2,1H3,(H,6,8). The van der Waals surface area contributed by atoms with E-state index in [1.807, 2.05) is 0 Å². The van der Waals surface area contributed by atoms with Crippen LogP contribution in [0.15, 0.2) is 10.3 Å². The minimum Gasteiger partial charge on any atom is -0.383 e. The van der Waals surface area contributed by atoms with Crippen molar-refractivity contribution in [3.05, 3.63) is 0 Å². The molecule has 1 atom stereocenters. The third-order valence-corrected chi connectivity index (χ3v) is 1.57. The Morgan fingerprint density at radius 2 is 2.64 bits per heavy atom. The fourth-order valence-electron chi connectivity index (χ4n) is 0.736. The van der Waals surface area contributed by atoms with E-state index in [9.17, 15) is 0 Å². The van der Waals surface area contributed by atoms with Gasteiger partial charge in [0.1, 0.15) is 0 Å². The molecule has 0 aromatic carbocycles. The number of hydrazine groups is 1. The van der Waals surface area contributed by atoms with E-state index in [4.69, 9.17) is 17.0 Å². The first-order valence-electron chi connectivity index (χ1n) is 3.25. The molecule has 1 aliphatic rings. The van der Waals surface area contributed by atoms with Crippen LogP contribution in [0.2, 0.25) is 0 Å². The van der Waals surface area contributed by atoms with Crippen LogP contribution in [-0.4, -0.2) is 36.8 Å². The fourth-order valence-corrected chi connectivity index (χ4v) is 0.938. The van der Waals surface area contributed by atoms with Crippen LogP contribution in [0.3, 0.4) is 0 Å². The highest BCUT2D eigenvalue weighted by molar-refractivity contribution is 7.79. The normalized spacial score (nSPS) is 23.5. The number of methoxy groups -OCH3 is 1. The molecule has 0 bridgehead atoms. The molecular weight excluding hydrogens is 164 g/mol. The van der Waals surface area contributed by atoms with Gasteiger partial charge in [-0.05, 0) is 0 Å². The number of ether oxygens (including phenoxy) is 1. The van der Waals surface area contributed by atoms with E-state index < -0.39 is 0 Å². The average molecular weight is 174 g/mol. The second-order valence-electron chi connectivity index (χ2n) is 2.05. The summed E-state index contributed by atoms with van der Waals surface area (Å²) in [4.78, 5) is 0. The largest absolute Gasteiger partial charge is 0.383 e. The van der Waals surface area contributed by atoms with Crippen molar-refractivity contribution >= 4 is 17.6 Å². The van der Waals surface area contributed by atoms with Gasteiger partial charge in [-0.25, -0.2) is 5.53 Å². The van der Waals surface area contributed by atoms with Crippen LogP contribution in [-0.2, 0) is 4.74 Å². The van der Waals surface area contributed by atoms with Gasteiger partial charge in [0.25, 0.3) is 0 Å². The van der Waals surface area contributed by atoms with Crippen LogP contribution < -0.4 is 5.53 Å². The lowest BCUT2D eigenvalue weighted by molar-refractivity contribution is 0.123. The summed E-state index contributed by atoms with van der Waals surface area (Å²) in [5, 5.41) is 10.8. The van der Waals surface area contributed by atoms with Crippen molar-refractivity contribution in [2.45, 2.75) is 6.17 Å². The van der Waals surface area contributed by atoms with Crippen molar-refractivity contribution in [2.24, 2.45) is 10.3 Å². The van der Waals surface area contributed by atoms with Crippen LogP contribution in [0.5, 0.6) is 0 Å². The van der Waals surface area contributed by atoms with E-state index in [1.54, 1.807) is 17.5 Å². The molecule has 0 aromatic heterocycles. The Kier molecular flexibility index (Phi) is 3.34. The molecule has 1 N–H and O–H groups in total. The lowest BCUT2D eigenvalue weighted by Gasteiger charge is -2.16. The first kappa shape index (κ1) is 8.51. The molecular formula is C5H10N4OS. The summed E-state index contributed by atoms with van der Waals surface area (Å²) in [6.07, 6.45) is -0.125. The quantitative estimate of drug-likeness (QED) is 0.616. The molecule has 0 fully saturated rings. The average Bonchev–Trinajstić information content (AvgIpc) is 2.47. The molecule has 1 rings (SSSR count). The van der Waals surface area contributed by atoms with E-state index in [-0.39, 0.29) is 6.17 Å². The summed E-state index contributed by atoms with van der Waals surface area (Å²) in [6.45, 7) is 1.36. The Balaban J connectivity index is 2.29. The molecule has 11 heavy (non-hydrogen) atoms. The van der Waals surface area contributed by atoms with Gasteiger partial charge in [-0.3, -0.25) is 0 Å². The minimum atomic E-state index is -0.125. The maximum Gasteiger partial charge on any atom is 0.172 e. The van der Waals surface area contributed by atoms with Crippen LogP contribution >= 0.6 is 12.2 Å². The molecule has 62 valence electrons. The maximum atomic E-state index is 4.88. The van der Waals surface area contributed by atoms with Gasteiger partial charge in [0.2, 0.25) is 0 Å². The molecule has 0 saturated carbocycles. The Hall–Kier alpha value is -0.590. The predicted molar refractivity (Wildman–Crippen MR) is 44.0 cm³/mol.